The average molecular weight is 242 g/mol. The van der Waals surface area contributed by atoms with Crippen molar-refractivity contribution in [1.29, 1.82) is 0 Å². The van der Waals surface area contributed by atoms with Crippen molar-refractivity contribution in [2.45, 2.75) is 38.5 Å². The lowest BCUT2D eigenvalue weighted by molar-refractivity contribution is -0.131. The van der Waals surface area contributed by atoms with Gasteiger partial charge < -0.3 is 15.4 Å². The predicted octanol–water partition coefficient (Wildman–Crippen LogP) is 1.39. The first kappa shape index (κ1) is 14.5. The Morgan fingerprint density at radius 3 is 2.65 bits per heavy atom. The number of nitrogens with zero attached hydrogens (tertiary/aromatic N) is 1. The van der Waals surface area contributed by atoms with Crippen LogP contribution in [0.1, 0.15) is 38.5 Å². The lowest BCUT2D eigenvalue weighted by atomic mass is 9.87. The van der Waals surface area contributed by atoms with Crippen molar-refractivity contribution >= 4 is 5.91 Å². The van der Waals surface area contributed by atoms with Crippen molar-refractivity contribution < 1.29 is 9.53 Å². The lowest BCUT2D eigenvalue weighted by Crippen LogP contribution is -2.32. The van der Waals surface area contributed by atoms with Crippen molar-refractivity contribution in [3.05, 3.63) is 0 Å². The summed E-state index contributed by atoms with van der Waals surface area (Å²) in [5.41, 5.74) is 5.32. The number of amides is 1. The molecular formula is C13H26N2O2. The van der Waals surface area contributed by atoms with Crippen LogP contribution in [-0.4, -0.2) is 44.2 Å². The molecule has 4 nitrogen and oxygen atoms in total. The van der Waals surface area contributed by atoms with E-state index in [0.717, 1.165) is 0 Å². The number of nitrogens with two attached hydrogens (primary N) is 1. The van der Waals surface area contributed by atoms with Gasteiger partial charge in [0, 0.05) is 26.6 Å². The Kier molecular flexibility index (Phi) is 7.21. The smallest absolute Gasteiger partial charge is 0.222 e. The van der Waals surface area contributed by atoms with Gasteiger partial charge in [-0.25, -0.2) is 0 Å². The fourth-order valence-electron chi connectivity index (χ4n) is 2.31. The summed E-state index contributed by atoms with van der Waals surface area (Å²) in [6.07, 6.45) is 7.09. The minimum atomic E-state index is 0.258. The van der Waals surface area contributed by atoms with Gasteiger partial charge in [0.15, 0.2) is 0 Å². The molecule has 0 bridgehead atoms. The number of likely N-dealkylation sites (N-methyl/N-ethyl adjacent to an activating group) is 1. The highest BCUT2D eigenvalue weighted by Crippen LogP contribution is 2.26. The maximum Gasteiger partial charge on any atom is 0.222 e. The van der Waals surface area contributed by atoms with E-state index < -0.39 is 0 Å². The second kappa shape index (κ2) is 8.48. The first-order valence-electron chi connectivity index (χ1n) is 6.76. The van der Waals surface area contributed by atoms with Gasteiger partial charge in [-0.05, 0) is 18.8 Å². The van der Waals surface area contributed by atoms with Gasteiger partial charge in [0.2, 0.25) is 5.91 Å². The van der Waals surface area contributed by atoms with E-state index in [1.165, 1.54) is 32.1 Å². The van der Waals surface area contributed by atoms with Crippen LogP contribution in [0, 0.1) is 5.92 Å². The van der Waals surface area contributed by atoms with Gasteiger partial charge in [-0.2, -0.15) is 0 Å². The molecule has 1 saturated carbocycles. The molecule has 0 heterocycles. The van der Waals surface area contributed by atoms with Crippen LogP contribution in [0.25, 0.3) is 0 Å². The van der Waals surface area contributed by atoms with Gasteiger partial charge in [0.25, 0.3) is 0 Å². The molecule has 0 spiro atoms. The molecule has 0 aromatic rings. The molecule has 4 heteroatoms. The van der Waals surface area contributed by atoms with Crippen molar-refractivity contribution in [3.63, 3.8) is 0 Å². The minimum absolute atomic E-state index is 0.258. The number of ether oxygens (including phenoxy) is 1. The van der Waals surface area contributed by atoms with Gasteiger partial charge in [0.1, 0.15) is 0 Å². The van der Waals surface area contributed by atoms with Crippen LogP contribution in [0.5, 0.6) is 0 Å². The normalized spacial score (nSPS) is 17.1. The second-order valence-electron chi connectivity index (χ2n) is 4.92. The Labute approximate surface area is 104 Å². The molecule has 0 atom stereocenters. The summed E-state index contributed by atoms with van der Waals surface area (Å²) in [5, 5.41) is 0. The zero-order valence-corrected chi connectivity index (χ0v) is 11.0. The third-order valence-corrected chi connectivity index (χ3v) is 3.45. The van der Waals surface area contributed by atoms with E-state index in [-0.39, 0.29) is 5.91 Å². The molecule has 1 rings (SSSR count). The molecule has 0 aliphatic heterocycles. The molecule has 1 fully saturated rings. The standard InChI is InChI=1S/C13H26N2O2/c1-15(8-10-17-9-7-14)13(16)11-12-5-3-2-4-6-12/h12H,2-11,14H2,1H3. The Balaban J connectivity index is 2.12. The third-order valence-electron chi connectivity index (χ3n) is 3.45. The van der Waals surface area contributed by atoms with Gasteiger partial charge in [-0.15, -0.1) is 0 Å². The number of rotatable bonds is 7. The van der Waals surface area contributed by atoms with E-state index in [9.17, 15) is 4.79 Å². The summed E-state index contributed by atoms with van der Waals surface area (Å²) in [5.74, 6) is 0.872. The molecule has 0 unspecified atom stereocenters. The Bertz CT molecular complexity index is 215. The van der Waals surface area contributed by atoms with E-state index in [2.05, 4.69) is 0 Å². The average Bonchev–Trinajstić information content (AvgIpc) is 2.35. The van der Waals surface area contributed by atoms with Crippen LogP contribution >= 0.6 is 0 Å². The minimum Gasteiger partial charge on any atom is -0.378 e. The van der Waals surface area contributed by atoms with Crippen LogP contribution in [0.2, 0.25) is 0 Å². The van der Waals surface area contributed by atoms with E-state index in [1.54, 1.807) is 4.90 Å². The van der Waals surface area contributed by atoms with Crippen LogP contribution in [-0.2, 0) is 9.53 Å². The molecule has 1 amide bonds. The number of carbonyl (C=O) groups is 1. The zero-order chi connectivity index (χ0) is 12.5. The Morgan fingerprint density at radius 2 is 2.00 bits per heavy atom. The number of hydrogen-bond acceptors (Lipinski definition) is 3. The summed E-state index contributed by atoms with van der Waals surface area (Å²) in [6, 6.07) is 0. The third kappa shape index (κ3) is 6.03. The molecule has 2 N–H and O–H groups in total. The van der Waals surface area contributed by atoms with Crippen molar-refractivity contribution in [3.8, 4) is 0 Å². The van der Waals surface area contributed by atoms with Crippen molar-refractivity contribution in [2.24, 2.45) is 11.7 Å². The maximum absolute atomic E-state index is 11.9. The van der Waals surface area contributed by atoms with E-state index in [4.69, 9.17) is 10.5 Å². The molecule has 0 saturated heterocycles. The molecule has 17 heavy (non-hydrogen) atoms. The Hall–Kier alpha value is -0.610. The highest BCUT2D eigenvalue weighted by atomic mass is 16.5. The molecular weight excluding hydrogens is 216 g/mol. The van der Waals surface area contributed by atoms with Crippen molar-refractivity contribution in [1.82, 2.24) is 4.90 Å². The lowest BCUT2D eigenvalue weighted by Gasteiger charge is -2.24. The molecule has 0 aromatic heterocycles. The summed E-state index contributed by atoms with van der Waals surface area (Å²) < 4.78 is 5.27. The first-order chi connectivity index (χ1) is 8.24. The van der Waals surface area contributed by atoms with E-state index in [1.807, 2.05) is 7.05 Å². The fraction of sp³-hybridized carbons (Fsp3) is 0.923. The molecule has 1 aliphatic rings. The van der Waals surface area contributed by atoms with Gasteiger partial charge in [-0.3, -0.25) is 4.79 Å². The quantitative estimate of drug-likeness (QED) is 0.686. The predicted molar refractivity (Wildman–Crippen MR) is 68.7 cm³/mol. The van der Waals surface area contributed by atoms with Crippen LogP contribution in [0.15, 0.2) is 0 Å². The molecule has 100 valence electrons. The second-order valence-corrected chi connectivity index (χ2v) is 4.92. The monoisotopic (exact) mass is 242 g/mol. The molecule has 0 radical (unpaired) electrons. The van der Waals surface area contributed by atoms with E-state index in [0.29, 0.717) is 38.6 Å². The number of carbonyl (C=O) groups excluding carboxylic acids is 1. The van der Waals surface area contributed by atoms with Crippen LogP contribution in [0.4, 0.5) is 0 Å². The van der Waals surface area contributed by atoms with Crippen LogP contribution < -0.4 is 5.73 Å². The van der Waals surface area contributed by atoms with Gasteiger partial charge in [-0.1, -0.05) is 19.3 Å². The molecule has 0 aromatic carbocycles. The van der Waals surface area contributed by atoms with Crippen molar-refractivity contribution in [2.75, 3.05) is 33.4 Å². The van der Waals surface area contributed by atoms with Crippen LogP contribution in [0.3, 0.4) is 0 Å². The summed E-state index contributed by atoms with van der Waals surface area (Å²) in [6.45, 7) is 2.38. The van der Waals surface area contributed by atoms with Gasteiger partial charge >= 0.3 is 0 Å². The topological polar surface area (TPSA) is 55.6 Å². The number of hydrogen-bond donors (Lipinski definition) is 1. The zero-order valence-electron chi connectivity index (χ0n) is 11.0. The maximum atomic E-state index is 11.9. The van der Waals surface area contributed by atoms with E-state index >= 15 is 0 Å². The SMILES string of the molecule is CN(CCOCCN)C(=O)CC1CCCCC1. The fourth-order valence-corrected chi connectivity index (χ4v) is 2.31. The summed E-state index contributed by atoms with van der Waals surface area (Å²) >= 11 is 0. The summed E-state index contributed by atoms with van der Waals surface area (Å²) in [7, 11) is 1.86. The van der Waals surface area contributed by atoms with Gasteiger partial charge in [0.05, 0.1) is 13.2 Å². The largest absolute Gasteiger partial charge is 0.378 e. The Morgan fingerprint density at radius 1 is 1.29 bits per heavy atom. The highest BCUT2D eigenvalue weighted by molar-refractivity contribution is 5.76. The highest BCUT2D eigenvalue weighted by Gasteiger charge is 2.18. The summed E-state index contributed by atoms with van der Waals surface area (Å²) in [4.78, 5) is 13.7. The molecule has 1 aliphatic carbocycles. The first-order valence-corrected chi connectivity index (χ1v) is 6.76.